The van der Waals surface area contributed by atoms with E-state index in [1.807, 2.05) is 43.3 Å². The number of benzene rings is 2. The van der Waals surface area contributed by atoms with E-state index >= 15 is 0 Å². The first-order chi connectivity index (χ1) is 8.58. The summed E-state index contributed by atoms with van der Waals surface area (Å²) in [6, 6.07) is 11.8. The van der Waals surface area contributed by atoms with Crippen LogP contribution in [0.4, 0.5) is 5.69 Å². The maximum absolute atomic E-state index is 5.96. The van der Waals surface area contributed by atoms with Gasteiger partial charge in [-0.25, -0.2) is 0 Å². The summed E-state index contributed by atoms with van der Waals surface area (Å²) in [6.07, 6.45) is 0. The van der Waals surface area contributed by atoms with E-state index in [1.54, 1.807) is 0 Å². The van der Waals surface area contributed by atoms with Crippen molar-refractivity contribution in [3.05, 3.63) is 56.5 Å². The van der Waals surface area contributed by atoms with Crippen molar-refractivity contribution in [2.75, 3.05) is 5.73 Å². The summed E-state index contributed by atoms with van der Waals surface area (Å²) in [5, 5.41) is 0. The van der Waals surface area contributed by atoms with E-state index in [4.69, 9.17) is 10.5 Å². The van der Waals surface area contributed by atoms with E-state index in [0.717, 1.165) is 25.8 Å². The first-order valence-electron chi connectivity index (χ1n) is 5.50. The standard InChI is InChI=1S/C14H13Br2NO/c1-9-6-11(15)7-13(17)14(9)18-8-10-4-2-3-5-12(10)16/h2-7H,8,17H2,1H3. The maximum Gasteiger partial charge on any atom is 0.145 e. The summed E-state index contributed by atoms with van der Waals surface area (Å²) in [6.45, 7) is 2.48. The minimum absolute atomic E-state index is 0.494. The Morgan fingerprint density at radius 2 is 1.89 bits per heavy atom. The number of hydrogen-bond donors (Lipinski definition) is 1. The molecule has 0 fully saturated rings. The van der Waals surface area contributed by atoms with Gasteiger partial charge in [0, 0.05) is 14.5 Å². The lowest BCUT2D eigenvalue weighted by atomic mass is 10.2. The molecule has 2 aromatic rings. The number of nitrogens with two attached hydrogens (primary N) is 1. The van der Waals surface area contributed by atoms with Gasteiger partial charge in [-0.15, -0.1) is 0 Å². The van der Waals surface area contributed by atoms with Crippen LogP contribution < -0.4 is 10.5 Å². The number of hydrogen-bond acceptors (Lipinski definition) is 2. The molecular formula is C14H13Br2NO. The van der Waals surface area contributed by atoms with Crippen LogP contribution in [0.1, 0.15) is 11.1 Å². The van der Waals surface area contributed by atoms with Crippen LogP contribution in [0.25, 0.3) is 0 Å². The molecule has 0 aromatic heterocycles. The van der Waals surface area contributed by atoms with E-state index < -0.39 is 0 Å². The fraction of sp³-hybridized carbons (Fsp3) is 0.143. The van der Waals surface area contributed by atoms with Crippen molar-refractivity contribution in [1.29, 1.82) is 0 Å². The zero-order valence-corrected chi connectivity index (χ0v) is 13.1. The monoisotopic (exact) mass is 369 g/mol. The lowest BCUT2D eigenvalue weighted by molar-refractivity contribution is 0.305. The van der Waals surface area contributed by atoms with E-state index in [0.29, 0.717) is 12.3 Å². The SMILES string of the molecule is Cc1cc(Br)cc(N)c1OCc1ccccc1Br. The number of rotatable bonds is 3. The molecule has 0 saturated heterocycles. The molecule has 2 N–H and O–H groups in total. The van der Waals surface area contributed by atoms with Crippen molar-refractivity contribution in [2.45, 2.75) is 13.5 Å². The van der Waals surface area contributed by atoms with Gasteiger partial charge in [0.1, 0.15) is 12.4 Å². The molecule has 2 aromatic carbocycles. The number of aryl methyl sites for hydroxylation is 1. The summed E-state index contributed by atoms with van der Waals surface area (Å²) >= 11 is 6.91. The van der Waals surface area contributed by atoms with Crippen molar-refractivity contribution >= 4 is 37.5 Å². The average molecular weight is 371 g/mol. The van der Waals surface area contributed by atoms with Gasteiger partial charge in [-0.3, -0.25) is 0 Å². The number of nitrogen functional groups attached to an aromatic ring is 1. The Balaban J connectivity index is 2.19. The van der Waals surface area contributed by atoms with Crippen LogP contribution in [0.2, 0.25) is 0 Å². The molecule has 0 aliphatic heterocycles. The molecule has 0 heterocycles. The first kappa shape index (κ1) is 13.4. The Morgan fingerprint density at radius 3 is 2.56 bits per heavy atom. The Hall–Kier alpha value is -1.000. The van der Waals surface area contributed by atoms with Gasteiger partial charge in [0.05, 0.1) is 5.69 Å². The molecule has 0 amide bonds. The molecule has 0 aliphatic carbocycles. The Morgan fingerprint density at radius 1 is 1.17 bits per heavy atom. The quantitative estimate of drug-likeness (QED) is 0.796. The molecule has 0 spiro atoms. The van der Waals surface area contributed by atoms with E-state index in [1.165, 1.54) is 0 Å². The van der Waals surface area contributed by atoms with Crippen LogP contribution in [-0.4, -0.2) is 0 Å². The number of halogens is 2. The third-order valence-electron chi connectivity index (χ3n) is 2.60. The molecule has 0 radical (unpaired) electrons. The number of anilines is 1. The second-order valence-corrected chi connectivity index (χ2v) is 5.79. The van der Waals surface area contributed by atoms with Gasteiger partial charge in [0.15, 0.2) is 0 Å². The normalized spacial score (nSPS) is 10.4. The van der Waals surface area contributed by atoms with Crippen LogP contribution in [-0.2, 0) is 6.61 Å². The first-order valence-corrected chi connectivity index (χ1v) is 7.08. The molecule has 2 rings (SSSR count). The van der Waals surface area contributed by atoms with Gasteiger partial charge in [-0.1, -0.05) is 50.1 Å². The van der Waals surface area contributed by atoms with Gasteiger partial charge in [-0.2, -0.15) is 0 Å². The highest BCUT2D eigenvalue weighted by Crippen LogP contribution is 2.31. The lowest BCUT2D eigenvalue weighted by Crippen LogP contribution is -2.01. The van der Waals surface area contributed by atoms with Crippen LogP contribution in [0.15, 0.2) is 45.3 Å². The highest BCUT2D eigenvalue weighted by Gasteiger charge is 2.07. The third-order valence-corrected chi connectivity index (χ3v) is 3.83. The molecule has 0 atom stereocenters. The summed E-state index contributed by atoms with van der Waals surface area (Å²) in [5.74, 6) is 0.744. The Labute approximate surface area is 123 Å². The van der Waals surface area contributed by atoms with E-state index in [9.17, 15) is 0 Å². The fourth-order valence-corrected chi connectivity index (χ4v) is 2.71. The zero-order chi connectivity index (χ0) is 13.1. The third kappa shape index (κ3) is 3.06. The molecule has 0 aliphatic rings. The molecule has 94 valence electrons. The Kier molecular flexibility index (Phi) is 4.30. The summed E-state index contributed by atoms with van der Waals surface area (Å²) < 4.78 is 7.82. The van der Waals surface area contributed by atoms with Gasteiger partial charge in [0.25, 0.3) is 0 Å². The van der Waals surface area contributed by atoms with Gasteiger partial charge in [-0.05, 0) is 30.7 Å². The van der Waals surface area contributed by atoms with Gasteiger partial charge >= 0.3 is 0 Å². The summed E-state index contributed by atoms with van der Waals surface area (Å²) in [5.41, 5.74) is 8.72. The highest BCUT2D eigenvalue weighted by molar-refractivity contribution is 9.10. The second kappa shape index (κ2) is 5.76. The van der Waals surface area contributed by atoms with Crippen LogP contribution in [0.5, 0.6) is 5.75 Å². The van der Waals surface area contributed by atoms with Crippen molar-refractivity contribution < 1.29 is 4.74 Å². The molecule has 4 heteroatoms. The summed E-state index contributed by atoms with van der Waals surface area (Å²) in [7, 11) is 0. The lowest BCUT2D eigenvalue weighted by Gasteiger charge is -2.13. The predicted molar refractivity (Wildman–Crippen MR) is 81.8 cm³/mol. The zero-order valence-electron chi connectivity index (χ0n) is 9.91. The predicted octanol–water partition coefficient (Wildman–Crippen LogP) is 4.68. The van der Waals surface area contributed by atoms with Crippen LogP contribution in [0, 0.1) is 6.92 Å². The van der Waals surface area contributed by atoms with Crippen LogP contribution in [0.3, 0.4) is 0 Å². The molecule has 18 heavy (non-hydrogen) atoms. The van der Waals surface area contributed by atoms with E-state index in [-0.39, 0.29) is 0 Å². The van der Waals surface area contributed by atoms with Crippen LogP contribution >= 0.6 is 31.9 Å². The average Bonchev–Trinajstić information content (AvgIpc) is 2.30. The summed E-state index contributed by atoms with van der Waals surface area (Å²) in [4.78, 5) is 0. The minimum Gasteiger partial charge on any atom is -0.486 e. The molecule has 0 bridgehead atoms. The van der Waals surface area contributed by atoms with Gasteiger partial charge in [0.2, 0.25) is 0 Å². The Bertz CT molecular complexity index is 546. The number of ether oxygens (including phenoxy) is 1. The molecule has 2 nitrogen and oxygen atoms in total. The fourth-order valence-electron chi connectivity index (χ4n) is 1.72. The smallest absolute Gasteiger partial charge is 0.145 e. The highest BCUT2D eigenvalue weighted by atomic mass is 79.9. The second-order valence-electron chi connectivity index (χ2n) is 4.02. The van der Waals surface area contributed by atoms with Crippen molar-refractivity contribution in [3.8, 4) is 5.75 Å². The van der Waals surface area contributed by atoms with Crippen molar-refractivity contribution in [2.24, 2.45) is 0 Å². The molecule has 0 unspecified atom stereocenters. The van der Waals surface area contributed by atoms with Gasteiger partial charge < -0.3 is 10.5 Å². The minimum atomic E-state index is 0.494. The molecular weight excluding hydrogens is 358 g/mol. The molecule has 0 saturated carbocycles. The maximum atomic E-state index is 5.96. The van der Waals surface area contributed by atoms with Crippen molar-refractivity contribution in [3.63, 3.8) is 0 Å². The van der Waals surface area contributed by atoms with Crippen molar-refractivity contribution in [1.82, 2.24) is 0 Å². The van der Waals surface area contributed by atoms with E-state index in [2.05, 4.69) is 31.9 Å². The largest absolute Gasteiger partial charge is 0.486 e. The topological polar surface area (TPSA) is 35.2 Å².